The van der Waals surface area contributed by atoms with Gasteiger partial charge in [-0.2, -0.15) is 0 Å². The molecule has 150 valence electrons. The van der Waals surface area contributed by atoms with Crippen LogP contribution in [0.15, 0.2) is 30.5 Å². The maximum atomic E-state index is 13.1. The van der Waals surface area contributed by atoms with Gasteiger partial charge in [-0.25, -0.2) is 9.97 Å². The maximum absolute atomic E-state index is 13.1. The molecule has 1 fully saturated rings. The number of likely N-dealkylation sites (N-methyl/N-ethyl adjacent to an activating group) is 1. The number of piperidine rings is 1. The standard InChI is InChI=1S/C21H26Cl2N4O/c1-14(16-7-9-17(22)10-8-16)15(2)26(3)20(28)19-18(23)13-24-21(25-19)27-11-5-4-6-12-27/h7-10,13-15H,4-6,11-12H2,1-3H3. The first-order chi connectivity index (χ1) is 13.4. The Morgan fingerprint density at radius 3 is 2.39 bits per heavy atom. The zero-order chi connectivity index (χ0) is 20.3. The van der Waals surface area contributed by atoms with Crippen LogP contribution in [0.5, 0.6) is 0 Å². The molecule has 2 atom stereocenters. The quantitative estimate of drug-likeness (QED) is 0.679. The lowest BCUT2D eigenvalue weighted by molar-refractivity contribution is 0.0720. The van der Waals surface area contributed by atoms with Crippen molar-refractivity contribution in [3.8, 4) is 0 Å². The van der Waals surface area contributed by atoms with Gasteiger partial charge in [0.05, 0.1) is 11.2 Å². The Balaban J connectivity index is 1.79. The lowest BCUT2D eigenvalue weighted by Crippen LogP contribution is -2.39. The van der Waals surface area contributed by atoms with Crippen LogP contribution in [0, 0.1) is 0 Å². The van der Waals surface area contributed by atoms with E-state index in [9.17, 15) is 4.79 Å². The van der Waals surface area contributed by atoms with Crippen LogP contribution in [0.4, 0.5) is 5.95 Å². The lowest BCUT2D eigenvalue weighted by atomic mass is 9.93. The molecular formula is C21H26Cl2N4O. The number of hydrogen-bond donors (Lipinski definition) is 0. The molecule has 3 rings (SSSR count). The Morgan fingerprint density at radius 1 is 1.11 bits per heavy atom. The van der Waals surface area contributed by atoms with Gasteiger partial charge in [0.2, 0.25) is 5.95 Å². The molecular weight excluding hydrogens is 395 g/mol. The van der Waals surface area contributed by atoms with Gasteiger partial charge in [0.1, 0.15) is 0 Å². The summed E-state index contributed by atoms with van der Waals surface area (Å²) in [5.41, 5.74) is 1.38. The van der Waals surface area contributed by atoms with Crippen LogP contribution in [0.25, 0.3) is 0 Å². The number of amides is 1. The normalized spacial score (nSPS) is 16.5. The molecule has 1 saturated heterocycles. The van der Waals surface area contributed by atoms with Gasteiger partial charge in [-0.15, -0.1) is 0 Å². The van der Waals surface area contributed by atoms with E-state index in [4.69, 9.17) is 23.2 Å². The van der Waals surface area contributed by atoms with Crippen LogP contribution in [0.2, 0.25) is 10.0 Å². The average molecular weight is 421 g/mol. The first kappa shape index (κ1) is 20.9. The smallest absolute Gasteiger partial charge is 0.274 e. The largest absolute Gasteiger partial charge is 0.341 e. The third kappa shape index (κ3) is 4.58. The van der Waals surface area contributed by atoms with Crippen LogP contribution in [-0.2, 0) is 0 Å². The molecule has 0 radical (unpaired) electrons. The Morgan fingerprint density at radius 2 is 1.75 bits per heavy atom. The van der Waals surface area contributed by atoms with Gasteiger partial charge in [0, 0.05) is 37.1 Å². The molecule has 2 aromatic rings. The van der Waals surface area contributed by atoms with E-state index < -0.39 is 0 Å². The molecule has 28 heavy (non-hydrogen) atoms. The van der Waals surface area contributed by atoms with Crippen molar-refractivity contribution in [2.24, 2.45) is 0 Å². The highest BCUT2D eigenvalue weighted by molar-refractivity contribution is 6.33. The van der Waals surface area contributed by atoms with E-state index in [0.29, 0.717) is 11.0 Å². The fraction of sp³-hybridized carbons (Fsp3) is 0.476. The average Bonchev–Trinajstić information content (AvgIpc) is 2.73. The van der Waals surface area contributed by atoms with Crippen molar-refractivity contribution in [2.75, 3.05) is 25.0 Å². The van der Waals surface area contributed by atoms with E-state index >= 15 is 0 Å². The number of hydrogen-bond acceptors (Lipinski definition) is 4. The van der Waals surface area contributed by atoms with Gasteiger partial charge in [-0.3, -0.25) is 4.79 Å². The number of aromatic nitrogens is 2. The van der Waals surface area contributed by atoms with E-state index in [2.05, 4.69) is 21.8 Å². The number of carbonyl (C=O) groups is 1. The first-order valence-electron chi connectivity index (χ1n) is 9.68. The predicted octanol–water partition coefficient (Wildman–Crippen LogP) is 5.04. The summed E-state index contributed by atoms with van der Waals surface area (Å²) in [5, 5.41) is 0.981. The molecule has 0 bridgehead atoms. The second-order valence-corrected chi connectivity index (χ2v) is 8.25. The summed E-state index contributed by atoms with van der Waals surface area (Å²) in [6.07, 6.45) is 4.99. The van der Waals surface area contributed by atoms with Gasteiger partial charge in [-0.1, -0.05) is 42.3 Å². The number of halogens is 2. The van der Waals surface area contributed by atoms with Crippen LogP contribution in [-0.4, -0.2) is 47.0 Å². The SMILES string of the molecule is CC(c1ccc(Cl)cc1)C(C)N(C)C(=O)c1nc(N2CCCCC2)ncc1Cl. The molecule has 0 N–H and O–H groups in total. The highest BCUT2D eigenvalue weighted by Crippen LogP contribution is 2.26. The number of anilines is 1. The summed E-state index contributed by atoms with van der Waals surface area (Å²) >= 11 is 12.3. The van der Waals surface area contributed by atoms with Crippen molar-refractivity contribution in [2.45, 2.75) is 45.1 Å². The minimum absolute atomic E-state index is 0.0434. The van der Waals surface area contributed by atoms with Crippen molar-refractivity contribution in [1.29, 1.82) is 0 Å². The second kappa shape index (κ2) is 9.10. The number of carbonyl (C=O) groups excluding carboxylic acids is 1. The van der Waals surface area contributed by atoms with Crippen molar-refractivity contribution in [3.63, 3.8) is 0 Å². The molecule has 1 aliphatic heterocycles. The Bertz CT molecular complexity index is 822. The summed E-state index contributed by atoms with van der Waals surface area (Å²) in [7, 11) is 1.79. The molecule has 2 unspecified atom stereocenters. The van der Waals surface area contributed by atoms with Crippen molar-refractivity contribution < 1.29 is 4.79 Å². The zero-order valence-electron chi connectivity index (χ0n) is 16.5. The lowest BCUT2D eigenvalue weighted by Gasteiger charge is -2.31. The molecule has 1 aromatic heterocycles. The Labute approximate surface area is 176 Å². The van der Waals surface area contributed by atoms with Crippen LogP contribution >= 0.6 is 23.2 Å². The van der Waals surface area contributed by atoms with E-state index in [-0.39, 0.29) is 28.6 Å². The van der Waals surface area contributed by atoms with E-state index in [0.717, 1.165) is 31.5 Å². The van der Waals surface area contributed by atoms with Gasteiger partial charge in [0.15, 0.2) is 5.69 Å². The van der Waals surface area contributed by atoms with Crippen molar-refractivity contribution >= 4 is 35.1 Å². The highest BCUT2D eigenvalue weighted by Gasteiger charge is 2.27. The van der Waals surface area contributed by atoms with Gasteiger partial charge < -0.3 is 9.80 Å². The zero-order valence-corrected chi connectivity index (χ0v) is 18.0. The van der Waals surface area contributed by atoms with E-state index in [1.165, 1.54) is 12.6 Å². The maximum Gasteiger partial charge on any atom is 0.274 e. The molecule has 1 aliphatic rings. The Hall–Kier alpha value is -1.85. The topological polar surface area (TPSA) is 49.3 Å². The molecule has 0 aliphatic carbocycles. The van der Waals surface area contributed by atoms with E-state index in [1.54, 1.807) is 11.9 Å². The third-order valence-electron chi connectivity index (χ3n) is 5.62. The molecule has 7 heteroatoms. The fourth-order valence-electron chi connectivity index (χ4n) is 3.49. The minimum atomic E-state index is -0.195. The second-order valence-electron chi connectivity index (χ2n) is 7.41. The number of rotatable bonds is 5. The number of nitrogens with zero attached hydrogens (tertiary/aromatic N) is 4. The molecule has 5 nitrogen and oxygen atoms in total. The van der Waals surface area contributed by atoms with Crippen LogP contribution in [0.1, 0.15) is 55.1 Å². The van der Waals surface area contributed by atoms with Gasteiger partial charge in [-0.05, 0) is 43.9 Å². The minimum Gasteiger partial charge on any atom is -0.341 e. The summed E-state index contributed by atoms with van der Waals surface area (Å²) in [6, 6.07) is 7.68. The fourth-order valence-corrected chi connectivity index (χ4v) is 3.78. The molecule has 2 heterocycles. The monoisotopic (exact) mass is 420 g/mol. The summed E-state index contributed by atoms with van der Waals surface area (Å²) in [4.78, 5) is 25.8. The molecule has 0 saturated carbocycles. The summed E-state index contributed by atoms with van der Waals surface area (Å²) in [6.45, 7) is 5.94. The van der Waals surface area contributed by atoms with Crippen molar-refractivity contribution in [1.82, 2.24) is 14.9 Å². The molecule has 0 spiro atoms. The third-order valence-corrected chi connectivity index (χ3v) is 6.15. The summed E-state index contributed by atoms with van der Waals surface area (Å²) < 4.78 is 0. The molecule has 1 amide bonds. The van der Waals surface area contributed by atoms with Crippen LogP contribution < -0.4 is 4.90 Å². The molecule has 1 aromatic carbocycles. The Kier molecular flexibility index (Phi) is 6.78. The summed E-state index contributed by atoms with van der Waals surface area (Å²) in [5.74, 6) is 0.520. The van der Waals surface area contributed by atoms with Crippen LogP contribution in [0.3, 0.4) is 0 Å². The van der Waals surface area contributed by atoms with Crippen molar-refractivity contribution in [3.05, 3.63) is 51.8 Å². The van der Waals surface area contributed by atoms with E-state index in [1.807, 2.05) is 31.2 Å². The van der Waals surface area contributed by atoms with Gasteiger partial charge >= 0.3 is 0 Å². The first-order valence-corrected chi connectivity index (χ1v) is 10.4. The highest BCUT2D eigenvalue weighted by atomic mass is 35.5. The number of benzene rings is 1. The predicted molar refractivity (Wildman–Crippen MR) is 115 cm³/mol. The van der Waals surface area contributed by atoms with Gasteiger partial charge in [0.25, 0.3) is 5.91 Å².